The number of amides is 1. The molecule has 2 rings (SSSR count). The Balaban J connectivity index is 2.02. The van der Waals surface area contributed by atoms with Gasteiger partial charge < -0.3 is 15.8 Å². The van der Waals surface area contributed by atoms with E-state index in [1.54, 1.807) is 29.5 Å². The number of nitrogens with one attached hydrogen (secondary N) is 1. The number of benzene rings is 1. The van der Waals surface area contributed by atoms with Crippen molar-refractivity contribution in [1.29, 1.82) is 0 Å². The maximum atomic E-state index is 12.4. The summed E-state index contributed by atoms with van der Waals surface area (Å²) in [6.07, 6.45) is 0.713. The predicted octanol–water partition coefficient (Wildman–Crippen LogP) is 3.58. The van der Waals surface area contributed by atoms with Crippen molar-refractivity contribution in [3.05, 3.63) is 44.9 Å². The van der Waals surface area contributed by atoms with Gasteiger partial charge in [-0.15, -0.1) is 11.3 Å². The SMILES string of the molecule is CC(C)c1nc(CNC(=O)c2ccc(Cl)cc2OCCCN)cs1. The Morgan fingerprint density at radius 2 is 2.25 bits per heavy atom. The number of nitrogens with two attached hydrogens (primary N) is 1. The molecule has 5 nitrogen and oxygen atoms in total. The summed E-state index contributed by atoms with van der Waals surface area (Å²) in [7, 11) is 0. The van der Waals surface area contributed by atoms with Crippen LogP contribution in [0.3, 0.4) is 0 Å². The van der Waals surface area contributed by atoms with E-state index in [2.05, 4.69) is 24.1 Å². The van der Waals surface area contributed by atoms with Crippen LogP contribution < -0.4 is 15.8 Å². The van der Waals surface area contributed by atoms with Crippen molar-refractivity contribution in [2.75, 3.05) is 13.2 Å². The van der Waals surface area contributed by atoms with E-state index in [-0.39, 0.29) is 5.91 Å². The van der Waals surface area contributed by atoms with Crippen molar-refractivity contribution in [2.24, 2.45) is 5.73 Å². The number of hydrogen-bond acceptors (Lipinski definition) is 5. The lowest BCUT2D eigenvalue weighted by Gasteiger charge is -2.11. The molecule has 1 aromatic carbocycles. The molecule has 0 aliphatic heterocycles. The minimum atomic E-state index is -0.214. The summed E-state index contributed by atoms with van der Waals surface area (Å²) >= 11 is 7.60. The summed E-state index contributed by atoms with van der Waals surface area (Å²) in [6.45, 7) is 5.55. The Hall–Kier alpha value is -1.63. The van der Waals surface area contributed by atoms with E-state index >= 15 is 0 Å². The molecule has 2 aromatic rings. The summed E-state index contributed by atoms with van der Waals surface area (Å²) < 4.78 is 5.63. The van der Waals surface area contributed by atoms with Crippen molar-refractivity contribution in [3.63, 3.8) is 0 Å². The van der Waals surface area contributed by atoms with E-state index in [9.17, 15) is 4.79 Å². The first kappa shape index (κ1) is 18.7. The van der Waals surface area contributed by atoms with Crippen molar-refractivity contribution in [3.8, 4) is 5.75 Å². The largest absolute Gasteiger partial charge is 0.493 e. The third-order valence-electron chi connectivity index (χ3n) is 3.29. The predicted molar refractivity (Wildman–Crippen MR) is 98.0 cm³/mol. The van der Waals surface area contributed by atoms with Gasteiger partial charge in [-0.25, -0.2) is 4.98 Å². The number of carbonyl (C=O) groups is 1. The monoisotopic (exact) mass is 367 g/mol. The molecule has 130 valence electrons. The normalized spacial score (nSPS) is 10.9. The molecule has 1 heterocycles. The van der Waals surface area contributed by atoms with Gasteiger partial charge in [-0.05, 0) is 31.2 Å². The second-order valence-electron chi connectivity index (χ2n) is 5.65. The number of hydrogen-bond donors (Lipinski definition) is 2. The van der Waals surface area contributed by atoms with Crippen LogP contribution in [0.2, 0.25) is 5.02 Å². The highest BCUT2D eigenvalue weighted by molar-refractivity contribution is 7.09. The highest BCUT2D eigenvalue weighted by atomic mass is 35.5. The van der Waals surface area contributed by atoms with Gasteiger partial charge in [0.2, 0.25) is 0 Å². The Kier molecular flexibility index (Phi) is 7.02. The maximum Gasteiger partial charge on any atom is 0.255 e. The fraction of sp³-hybridized carbons (Fsp3) is 0.412. The molecule has 0 spiro atoms. The number of rotatable bonds is 8. The topological polar surface area (TPSA) is 77.2 Å². The van der Waals surface area contributed by atoms with Gasteiger partial charge in [0.1, 0.15) is 5.75 Å². The Bertz CT molecular complexity index is 688. The molecule has 1 amide bonds. The van der Waals surface area contributed by atoms with Gasteiger partial charge in [0.05, 0.1) is 29.4 Å². The highest BCUT2D eigenvalue weighted by Crippen LogP contribution is 2.24. The van der Waals surface area contributed by atoms with Gasteiger partial charge in [-0.1, -0.05) is 25.4 Å². The third kappa shape index (κ3) is 5.19. The lowest BCUT2D eigenvalue weighted by Crippen LogP contribution is -2.24. The average molecular weight is 368 g/mol. The highest BCUT2D eigenvalue weighted by Gasteiger charge is 2.14. The third-order valence-corrected chi connectivity index (χ3v) is 4.72. The lowest BCUT2D eigenvalue weighted by atomic mass is 10.2. The Morgan fingerprint density at radius 3 is 2.92 bits per heavy atom. The molecule has 0 atom stereocenters. The fourth-order valence-corrected chi connectivity index (χ4v) is 3.00. The van der Waals surface area contributed by atoms with Crippen LogP contribution in [0.15, 0.2) is 23.6 Å². The van der Waals surface area contributed by atoms with Gasteiger partial charge in [-0.2, -0.15) is 0 Å². The molecule has 7 heteroatoms. The molecule has 0 aliphatic carbocycles. The molecule has 0 saturated heterocycles. The maximum absolute atomic E-state index is 12.4. The quantitative estimate of drug-likeness (QED) is 0.699. The van der Waals surface area contributed by atoms with E-state index in [1.807, 2.05) is 5.38 Å². The van der Waals surface area contributed by atoms with Crippen molar-refractivity contribution in [1.82, 2.24) is 10.3 Å². The van der Waals surface area contributed by atoms with Crippen LogP contribution in [0.4, 0.5) is 0 Å². The number of carbonyl (C=O) groups excluding carboxylic acids is 1. The van der Waals surface area contributed by atoms with E-state index in [1.165, 1.54) is 0 Å². The number of ether oxygens (including phenoxy) is 1. The van der Waals surface area contributed by atoms with Crippen molar-refractivity contribution >= 4 is 28.8 Å². The Morgan fingerprint density at radius 1 is 1.46 bits per heavy atom. The van der Waals surface area contributed by atoms with Gasteiger partial charge in [0.15, 0.2) is 0 Å². The smallest absolute Gasteiger partial charge is 0.255 e. The van der Waals surface area contributed by atoms with Crippen LogP contribution in [-0.2, 0) is 6.54 Å². The summed E-state index contributed by atoms with van der Waals surface area (Å²) in [5.41, 5.74) is 6.78. The summed E-state index contributed by atoms with van der Waals surface area (Å²) in [6, 6.07) is 4.98. The zero-order chi connectivity index (χ0) is 17.5. The first-order chi connectivity index (χ1) is 11.5. The summed E-state index contributed by atoms with van der Waals surface area (Å²) in [5.74, 6) is 0.640. The number of halogens is 1. The van der Waals surface area contributed by atoms with Crippen LogP contribution in [-0.4, -0.2) is 24.0 Å². The molecular weight excluding hydrogens is 346 g/mol. The number of thiazole rings is 1. The Labute approximate surface area is 151 Å². The van der Waals surface area contributed by atoms with Crippen LogP contribution in [0.25, 0.3) is 0 Å². The van der Waals surface area contributed by atoms with E-state index in [0.717, 1.165) is 10.7 Å². The van der Waals surface area contributed by atoms with Crippen molar-refractivity contribution in [2.45, 2.75) is 32.7 Å². The molecule has 0 radical (unpaired) electrons. The second kappa shape index (κ2) is 9.01. The van der Waals surface area contributed by atoms with E-state index in [0.29, 0.717) is 48.4 Å². The first-order valence-corrected chi connectivity index (χ1v) is 9.12. The number of aromatic nitrogens is 1. The van der Waals surface area contributed by atoms with Gasteiger partial charge in [0.25, 0.3) is 5.91 Å². The molecule has 3 N–H and O–H groups in total. The summed E-state index contributed by atoms with van der Waals surface area (Å²) in [5, 5.41) is 6.43. The molecule has 0 fully saturated rings. The lowest BCUT2D eigenvalue weighted by molar-refractivity contribution is 0.0946. The average Bonchev–Trinajstić information content (AvgIpc) is 3.02. The standard InChI is InChI=1S/C17H22ClN3O2S/c1-11(2)17-21-13(10-24-17)9-20-16(22)14-5-4-12(18)8-15(14)23-7-3-6-19/h4-5,8,10-11H,3,6-7,9,19H2,1-2H3,(H,20,22). The summed E-state index contributed by atoms with van der Waals surface area (Å²) in [4.78, 5) is 17.0. The minimum absolute atomic E-state index is 0.214. The fourth-order valence-electron chi connectivity index (χ4n) is 2.00. The van der Waals surface area contributed by atoms with E-state index in [4.69, 9.17) is 22.1 Å². The van der Waals surface area contributed by atoms with Gasteiger partial charge >= 0.3 is 0 Å². The van der Waals surface area contributed by atoms with E-state index < -0.39 is 0 Å². The zero-order valence-electron chi connectivity index (χ0n) is 13.8. The molecule has 24 heavy (non-hydrogen) atoms. The van der Waals surface area contributed by atoms with Crippen LogP contribution in [0.5, 0.6) is 5.75 Å². The molecule has 0 aliphatic rings. The van der Waals surface area contributed by atoms with Crippen LogP contribution >= 0.6 is 22.9 Å². The zero-order valence-corrected chi connectivity index (χ0v) is 15.4. The molecular formula is C17H22ClN3O2S. The van der Waals surface area contributed by atoms with Crippen molar-refractivity contribution < 1.29 is 9.53 Å². The molecule has 0 saturated carbocycles. The van der Waals surface area contributed by atoms with Crippen LogP contribution in [0.1, 0.15) is 47.2 Å². The molecule has 0 bridgehead atoms. The van der Waals surface area contributed by atoms with Gasteiger partial charge in [-0.3, -0.25) is 4.79 Å². The minimum Gasteiger partial charge on any atom is -0.493 e. The number of nitrogens with zero attached hydrogens (tertiary/aromatic N) is 1. The second-order valence-corrected chi connectivity index (χ2v) is 6.97. The molecule has 0 unspecified atom stereocenters. The first-order valence-electron chi connectivity index (χ1n) is 7.86. The van der Waals surface area contributed by atoms with Gasteiger partial charge in [0, 0.05) is 16.3 Å². The van der Waals surface area contributed by atoms with Crippen LogP contribution in [0, 0.1) is 0 Å². The molecule has 1 aromatic heterocycles.